The molecule has 1 atom stereocenters. The maximum absolute atomic E-state index is 6.24. The van der Waals surface area contributed by atoms with Crippen molar-refractivity contribution in [3.8, 4) is 5.75 Å². The van der Waals surface area contributed by atoms with Gasteiger partial charge in [0.1, 0.15) is 5.75 Å². The second-order valence-electron chi connectivity index (χ2n) is 3.86. The van der Waals surface area contributed by atoms with Crippen LogP contribution in [-0.2, 0) is 6.42 Å². The van der Waals surface area contributed by atoms with Gasteiger partial charge in [-0.3, -0.25) is 0 Å². The van der Waals surface area contributed by atoms with E-state index in [1.807, 2.05) is 31.2 Å². The summed E-state index contributed by atoms with van der Waals surface area (Å²) in [5.41, 5.74) is 7.33. The van der Waals surface area contributed by atoms with Crippen LogP contribution in [0.15, 0.2) is 41.8 Å². The molecule has 3 heteroatoms. The van der Waals surface area contributed by atoms with Gasteiger partial charge in [0.05, 0.1) is 6.61 Å². The molecule has 1 aromatic carbocycles. The number of hydrogen-bond acceptors (Lipinski definition) is 3. The van der Waals surface area contributed by atoms with E-state index in [0.717, 1.165) is 17.7 Å². The largest absolute Gasteiger partial charge is 0.494 e. The fraction of sp³-hybridized carbons (Fsp3) is 0.286. The van der Waals surface area contributed by atoms with Crippen molar-refractivity contribution in [3.05, 3.63) is 52.2 Å². The zero-order valence-corrected chi connectivity index (χ0v) is 10.7. The Kier molecular flexibility index (Phi) is 4.18. The predicted octanol–water partition coefficient (Wildman–Crippen LogP) is 3.39. The zero-order chi connectivity index (χ0) is 12.1. The molecular weight excluding hydrogens is 230 g/mol. The third-order valence-electron chi connectivity index (χ3n) is 2.62. The lowest BCUT2D eigenvalue weighted by atomic mass is 10.0. The third kappa shape index (κ3) is 3.08. The molecule has 2 N–H and O–H groups in total. The summed E-state index contributed by atoms with van der Waals surface area (Å²) in [4.78, 5) is 1.31. The second-order valence-corrected chi connectivity index (χ2v) is 4.89. The Bertz CT molecular complexity index is 453. The number of thiophene rings is 1. The Labute approximate surface area is 106 Å². The monoisotopic (exact) mass is 247 g/mol. The smallest absolute Gasteiger partial charge is 0.124 e. The molecule has 1 heterocycles. The summed E-state index contributed by atoms with van der Waals surface area (Å²) >= 11 is 1.74. The highest BCUT2D eigenvalue weighted by Gasteiger charge is 2.12. The molecule has 2 aromatic rings. The Morgan fingerprint density at radius 2 is 2.06 bits per heavy atom. The first kappa shape index (κ1) is 12.1. The van der Waals surface area contributed by atoms with Crippen molar-refractivity contribution in [2.45, 2.75) is 19.4 Å². The Morgan fingerprint density at radius 3 is 2.76 bits per heavy atom. The first-order chi connectivity index (χ1) is 8.31. The second kappa shape index (κ2) is 5.84. The molecule has 17 heavy (non-hydrogen) atoms. The molecule has 0 aliphatic heterocycles. The minimum atomic E-state index is -0.00333. The van der Waals surface area contributed by atoms with Gasteiger partial charge in [0.25, 0.3) is 0 Å². The van der Waals surface area contributed by atoms with E-state index < -0.39 is 0 Å². The number of para-hydroxylation sites is 1. The topological polar surface area (TPSA) is 35.2 Å². The molecule has 0 fully saturated rings. The molecule has 0 amide bonds. The molecular formula is C14H17NOS. The van der Waals surface area contributed by atoms with Crippen LogP contribution in [0.3, 0.4) is 0 Å². The van der Waals surface area contributed by atoms with Crippen LogP contribution in [-0.4, -0.2) is 6.61 Å². The van der Waals surface area contributed by atoms with Crippen molar-refractivity contribution in [2.24, 2.45) is 5.73 Å². The van der Waals surface area contributed by atoms with E-state index >= 15 is 0 Å². The van der Waals surface area contributed by atoms with Gasteiger partial charge in [-0.1, -0.05) is 24.3 Å². The molecule has 90 valence electrons. The normalized spacial score (nSPS) is 12.4. The maximum atomic E-state index is 6.24. The van der Waals surface area contributed by atoms with E-state index in [4.69, 9.17) is 10.5 Å². The lowest BCUT2D eigenvalue weighted by Crippen LogP contribution is -2.14. The van der Waals surface area contributed by atoms with Gasteiger partial charge in [-0.05, 0) is 24.4 Å². The lowest BCUT2D eigenvalue weighted by Gasteiger charge is -2.15. The molecule has 0 radical (unpaired) electrons. The molecule has 1 unspecified atom stereocenters. The number of benzene rings is 1. The van der Waals surface area contributed by atoms with Gasteiger partial charge >= 0.3 is 0 Å². The molecule has 0 aliphatic rings. The molecule has 0 bridgehead atoms. The van der Waals surface area contributed by atoms with Crippen LogP contribution >= 0.6 is 11.3 Å². The van der Waals surface area contributed by atoms with Crippen LogP contribution in [0.4, 0.5) is 0 Å². The van der Waals surface area contributed by atoms with Crippen molar-refractivity contribution in [1.82, 2.24) is 0 Å². The standard InChI is InChI=1S/C14H17NOS/c1-2-16-14-8-4-3-7-12(14)13(15)10-11-6-5-9-17-11/h3-9,13H,2,10,15H2,1H3. The van der Waals surface area contributed by atoms with Gasteiger partial charge in [0, 0.05) is 22.9 Å². The van der Waals surface area contributed by atoms with E-state index in [1.54, 1.807) is 11.3 Å². The van der Waals surface area contributed by atoms with Crippen molar-refractivity contribution in [1.29, 1.82) is 0 Å². The molecule has 0 spiro atoms. The fourth-order valence-corrected chi connectivity index (χ4v) is 2.59. The van der Waals surface area contributed by atoms with E-state index in [2.05, 4.69) is 17.5 Å². The van der Waals surface area contributed by atoms with E-state index in [-0.39, 0.29) is 6.04 Å². The van der Waals surface area contributed by atoms with Crippen LogP contribution in [0, 0.1) is 0 Å². The van der Waals surface area contributed by atoms with Crippen molar-refractivity contribution < 1.29 is 4.74 Å². The highest BCUT2D eigenvalue weighted by Crippen LogP contribution is 2.27. The number of rotatable bonds is 5. The fourth-order valence-electron chi connectivity index (χ4n) is 1.83. The predicted molar refractivity (Wildman–Crippen MR) is 72.6 cm³/mol. The van der Waals surface area contributed by atoms with E-state index in [9.17, 15) is 0 Å². The number of hydrogen-bond donors (Lipinski definition) is 1. The first-order valence-electron chi connectivity index (χ1n) is 5.81. The highest BCUT2D eigenvalue weighted by atomic mass is 32.1. The Hall–Kier alpha value is -1.32. The Balaban J connectivity index is 2.15. The molecule has 0 saturated carbocycles. The molecule has 0 saturated heterocycles. The summed E-state index contributed by atoms with van der Waals surface area (Å²) in [7, 11) is 0. The molecule has 2 rings (SSSR count). The average Bonchev–Trinajstić information content (AvgIpc) is 2.83. The van der Waals surface area contributed by atoms with Gasteiger partial charge < -0.3 is 10.5 Å². The first-order valence-corrected chi connectivity index (χ1v) is 6.69. The van der Waals surface area contributed by atoms with Crippen molar-refractivity contribution >= 4 is 11.3 Å². The van der Waals surface area contributed by atoms with Crippen molar-refractivity contribution in [2.75, 3.05) is 6.61 Å². The summed E-state index contributed by atoms with van der Waals surface area (Å²) in [6, 6.07) is 12.2. The Morgan fingerprint density at radius 1 is 1.24 bits per heavy atom. The van der Waals surface area contributed by atoms with Gasteiger partial charge in [-0.15, -0.1) is 11.3 Å². The maximum Gasteiger partial charge on any atom is 0.124 e. The average molecular weight is 247 g/mol. The minimum absolute atomic E-state index is 0.00333. The van der Waals surface area contributed by atoms with Crippen LogP contribution in [0.25, 0.3) is 0 Å². The quantitative estimate of drug-likeness (QED) is 0.879. The van der Waals surface area contributed by atoms with Gasteiger partial charge in [-0.25, -0.2) is 0 Å². The third-order valence-corrected chi connectivity index (χ3v) is 3.52. The summed E-state index contributed by atoms with van der Waals surface area (Å²) in [5.74, 6) is 0.902. The van der Waals surface area contributed by atoms with Crippen LogP contribution in [0.2, 0.25) is 0 Å². The number of nitrogens with two attached hydrogens (primary N) is 1. The summed E-state index contributed by atoms with van der Waals surface area (Å²) in [6.07, 6.45) is 0.863. The molecule has 1 aromatic heterocycles. The number of ether oxygens (including phenoxy) is 1. The zero-order valence-electron chi connectivity index (χ0n) is 9.93. The van der Waals surface area contributed by atoms with Crippen LogP contribution in [0.5, 0.6) is 5.75 Å². The highest BCUT2D eigenvalue weighted by molar-refractivity contribution is 7.09. The lowest BCUT2D eigenvalue weighted by molar-refractivity contribution is 0.334. The minimum Gasteiger partial charge on any atom is -0.494 e. The van der Waals surface area contributed by atoms with Gasteiger partial charge in [0.15, 0.2) is 0 Å². The molecule has 2 nitrogen and oxygen atoms in total. The summed E-state index contributed by atoms with van der Waals surface area (Å²) in [5, 5.41) is 2.08. The van der Waals surface area contributed by atoms with E-state index in [1.165, 1.54) is 4.88 Å². The van der Waals surface area contributed by atoms with E-state index in [0.29, 0.717) is 6.61 Å². The van der Waals surface area contributed by atoms with Crippen LogP contribution < -0.4 is 10.5 Å². The molecule has 0 aliphatic carbocycles. The van der Waals surface area contributed by atoms with Gasteiger partial charge in [-0.2, -0.15) is 0 Å². The summed E-state index contributed by atoms with van der Waals surface area (Å²) in [6.45, 7) is 2.66. The SMILES string of the molecule is CCOc1ccccc1C(N)Cc1cccs1. The van der Waals surface area contributed by atoms with Crippen LogP contribution in [0.1, 0.15) is 23.4 Å². The van der Waals surface area contributed by atoms with Gasteiger partial charge in [0.2, 0.25) is 0 Å². The van der Waals surface area contributed by atoms with Crippen molar-refractivity contribution in [3.63, 3.8) is 0 Å². The summed E-state index contributed by atoms with van der Waals surface area (Å²) < 4.78 is 5.60.